The number of methoxy groups -OCH3 is 2. The van der Waals surface area contributed by atoms with Crippen LogP contribution in [0, 0.1) is 5.92 Å². The maximum absolute atomic E-state index is 13.4. The van der Waals surface area contributed by atoms with Crippen molar-refractivity contribution in [2.75, 3.05) is 27.4 Å². The molecule has 204 valence electrons. The minimum atomic E-state index is -0.797. The maximum Gasteiger partial charge on any atom is 0.295 e. The molecule has 0 spiro atoms. The lowest BCUT2D eigenvalue weighted by Gasteiger charge is -2.26. The van der Waals surface area contributed by atoms with Crippen LogP contribution in [0.3, 0.4) is 0 Å². The van der Waals surface area contributed by atoms with Crippen LogP contribution in [0.15, 0.2) is 78.4 Å². The summed E-state index contributed by atoms with van der Waals surface area (Å²) in [5.74, 6) is 0.577. The van der Waals surface area contributed by atoms with Crippen LogP contribution in [-0.2, 0) is 16.0 Å². The highest BCUT2D eigenvalue weighted by Crippen LogP contribution is 2.42. The highest BCUT2D eigenvalue weighted by atomic mass is 16.5. The van der Waals surface area contributed by atoms with Crippen molar-refractivity contribution in [3.05, 3.63) is 95.1 Å². The minimum Gasteiger partial charge on any atom is -0.507 e. The summed E-state index contributed by atoms with van der Waals surface area (Å²) in [7, 11) is 3.11. The number of aliphatic hydroxyl groups is 1. The van der Waals surface area contributed by atoms with Crippen molar-refractivity contribution in [1.29, 1.82) is 0 Å². The molecular formula is C32H35NO6. The van der Waals surface area contributed by atoms with Crippen LogP contribution in [-0.4, -0.2) is 49.1 Å². The number of carbonyl (C=O) groups excluding carboxylic acids is 2. The molecule has 4 rings (SSSR count). The molecule has 7 nitrogen and oxygen atoms in total. The molecule has 0 bridgehead atoms. The number of carbonyl (C=O) groups is 2. The number of ketones is 1. The van der Waals surface area contributed by atoms with Gasteiger partial charge < -0.3 is 24.2 Å². The van der Waals surface area contributed by atoms with Crippen LogP contribution in [0.4, 0.5) is 0 Å². The molecule has 0 saturated carbocycles. The van der Waals surface area contributed by atoms with Gasteiger partial charge >= 0.3 is 0 Å². The van der Waals surface area contributed by atoms with Crippen molar-refractivity contribution >= 4 is 17.4 Å². The van der Waals surface area contributed by atoms with Crippen LogP contribution in [0.1, 0.15) is 43.0 Å². The molecule has 0 radical (unpaired) electrons. The van der Waals surface area contributed by atoms with Gasteiger partial charge in [-0.1, -0.05) is 50.2 Å². The summed E-state index contributed by atoms with van der Waals surface area (Å²) >= 11 is 0. The van der Waals surface area contributed by atoms with Gasteiger partial charge in [-0.3, -0.25) is 9.59 Å². The van der Waals surface area contributed by atoms with Crippen molar-refractivity contribution in [3.8, 4) is 17.2 Å². The highest BCUT2D eigenvalue weighted by molar-refractivity contribution is 6.46. The number of Topliss-reactive ketones (excluding diaryl/α,β-unsaturated/α-hetero) is 1. The van der Waals surface area contributed by atoms with Gasteiger partial charge in [0.15, 0.2) is 11.5 Å². The molecule has 39 heavy (non-hydrogen) atoms. The number of aliphatic hydroxyl groups excluding tert-OH is 1. The first-order chi connectivity index (χ1) is 18.8. The fourth-order valence-electron chi connectivity index (χ4n) is 4.63. The predicted octanol–water partition coefficient (Wildman–Crippen LogP) is 5.79. The van der Waals surface area contributed by atoms with E-state index in [9.17, 15) is 14.7 Å². The van der Waals surface area contributed by atoms with Gasteiger partial charge in [0.1, 0.15) is 11.5 Å². The van der Waals surface area contributed by atoms with Gasteiger partial charge in [0.05, 0.1) is 32.4 Å². The van der Waals surface area contributed by atoms with E-state index in [4.69, 9.17) is 14.2 Å². The lowest BCUT2D eigenvalue weighted by atomic mass is 9.94. The Labute approximate surface area is 229 Å². The number of rotatable bonds is 11. The molecule has 1 amide bonds. The Kier molecular flexibility index (Phi) is 8.92. The van der Waals surface area contributed by atoms with E-state index in [1.165, 1.54) is 4.90 Å². The van der Waals surface area contributed by atoms with E-state index in [0.29, 0.717) is 53.9 Å². The quantitative estimate of drug-likeness (QED) is 0.192. The average Bonchev–Trinajstić information content (AvgIpc) is 3.21. The molecule has 7 heteroatoms. The Morgan fingerprint density at radius 3 is 2.28 bits per heavy atom. The van der Waals surface area contributed by atoms with Crippen LogP contribution in [0.25, 0.3) is 5.76 Å². The molecule has 1 atom stereocenters. The maximum atomic E-state index is 13.4. The first-order valence-electron chi connectivity index (χ1n) is 13.1. The molecule has 1 heterocycles. The first-order valence-corrected chi connectivity index (χ1v) is 13.1. The van der Waals surface area contributed by atoms with E-state index in [1.807, 2.05) is 36.4 Å². The van der Waals surface area contributed by atoms with E-state index >= 15 is 0 Å². The second kappa shape index (κ2) is 12.5. The zero-order chi connectivity index (χ0) is 27.9. The Morgan fingerprint density at radius 2 is 1.64 bits per heavy atom. The van der Waals surface area contributed by atoms with Crippen LogP contribution < -0.4 is 14.2 Å². The summed E-state index contributed by atoms with van der Waals surface area (Å²) in [5, 5.41) is 11.3. The average molecular weight is 530 g/mol. The third kappa shape index (κ3) is 6.25. The number of nitrogens with zero attached hydrogens (tertiary/aromatic N) is 1. The Hall–Kier alpha value is -4.26. The number of hydrogen-bond donors (Lipinski definition) is 1. The smallest absolute Gasteiger partial charge is 0.295 e. The van der Waals surface area contributed by atoms with Gasteiger partial charge in [0.25, 0.3) is 11.7 Å². The summed E-state index contributed by atoms with van der Waals surface area (Å²) in [6.45, 7) is 5.10. The standard InChI is InChI=1S/C32H35NO6/c1-21(2)17-19-39-26-15-12-24(20-27(26)38-4)29-28(30(34)23-10-13-25(37-3)14-11-23)31(35)32(36)33(29)18-16-22-8-6-5-7-9-22/h5-15,20-21,29,34H,16-19H2,1-4H3. The van der Waals surface area contributed by atoms with Crippen molar-refractivity contribution in [2.45, 2.75) is 32.7 Å². The molecule has 1 fully saturated rings. The summed E-state index contributed by atoms with van der Waals surface area (Å²) in [4.78, 5) is 28.3. The lowest BCUT2D eigenvalue weighted by molar-refractivity contribution is -0.139. The topological polar surface area (TPSA) is 85.3 Å². The van der Waals surface area contributed by atoms with Gasteiger partial charge in [-0.15, -0.1) is 0 Å². The minimum absolute atomic E-state index is 0.0359. The molecule has 1 aliphatic heterocycles. The van der Waals surface area contributed by atoms with Gasteiger partial charge in [0, 0.05) is 12.1 Å². The zero-order valence-corrected chi connectivity index (χ0v) is 22.8. The van der Waals surface area contributed by atoms with Crippen LogP contribution in [0.5, 0.6) is 17.2 Å². The molecule has 3 aromatic carbocycles. The largest absolute Gasteiger partial charge is 0.507 e. The molecule has 1 N–H and O–H groups in total. The highest BCUT2D eigenvalue weighted by Gasteiger charge is 2.46. The van der Waals surface area contributed by atoms with Crippen molar-refractivity contribution < 1.29 is 28.9 Å². The van der Waals surface area contributed by atoms with Gasteiger partial charge in [0.2, 0.25) is 0 Å². The van der Waals surface area contributed by atoms with E-state index in [1.54, 1.807) is 50.6 Å². The van der Waals surface area contributed by atoms with Crippen LogP contribution >= 0.6 is 0 Å². The van der Waals surface area contributed by atoms with Gasteiger partial charge in [-0.25, -0.2) is 0 Å². The first kappa shape index (κ1) is 27.8. The van der Waals surface area contributed by atoms with E-state index < -0.39 is 17.7 Å². The fraction of sp³-hybridized carbons (Fsp3) is 0.312. The predicted molar refractivity (Wildman–Crippen MR) is 150 cm³/mol. The van der Waals surface area contributed by atoms with Crippen molar-refractivity contribution in [2.24, 2.45) is 5.92 Å². The Balaban J connectivity index is 1.76. The van der Waals surface area contributed by atoms with Gasteiger partial charge in [-0.05, 0) is 66.3 Å². The van der Waals surface area contributed by atoms with Crippen molar-refractivity contribution in [1.82, 2.24) is 4.90 Å². The number of likely N-dealkylation sites (tertiary alicyclic amines) is 1. The summed E-state index contributed by atoms with van der Waals surface area (Å²) in [6, 6.07) is 21.1. The van der Waals surface area contributed by atoms with E-state index in [-0.39, 0.29) is 11.3 Å². The molecule has 0 aliphatic carbocycles. The Bertz CT molecular complexity index is 1330. The van der Waals surface area contributed by atoms with Crippen molar-refractivity contribution in [3.63, 3.8) is 0 Å². The Morgan fingerprint density at radius 1 is 0.923 bits per heavy atom. The molecule has 0 aromatic heterocycles. The number of ether oxygens (including phenoxy) is 3. The number of hydrogen-bond acceptors (Lipinski definition) is 6. The third-order valence-corrected chi connectivity index (χ3v) is 6.84. The van der Waals surface area contributed by atoms with E-state index in [0.717, 1.165) is 12.0 Å². The zero-order valence-electron chi connectivity index (χ0n) is 22.8. The molecule has 3 aromatic rings. The SMILES string of the molecule is COc1ccc(C(O)=C2C(=O)C(=O)N(CCc3ccccc3)C2c2ccc(OCCC(C)C)c(OC)c2)cc1. The fourth-order valence-corrected chi connectivity index (χ4v) is 4.63. The second-order valence-corrected chi connectivity index (χ2v) is 9.90. The third-order valence-electron chi connectivity index (χ3n) is 6.84. The second-order valence-electron chi connectivity index (χ2n) is 9.90. The summed E-state index contributed by atoms with van der Waals surface area (Å²) < 4.78 is 16.8. The molecule has 1 unspecified atom stereocenters. The molecule has 1 aliphatic rings. The normalized spacial score (nSPS) is 16.5. The monoisotopic (exact) mass is 529 g/mol. The summed E-state index contributed by atoms with van der Waals surface area (Å²) in [6.07, 6.45) is 1.45. The number of benzene rings is 3. The molecule has 1 saturated heterocycles. The van der Waals surface area contributed by atoms with E-state index in [2.05, 4.69) is 13.8 Å². The van der Waals surface area contributed by atoms with Crippen LogP contribution in [0.2, 0.25) is 0 Å². The number of amides is 1. The lowest BCUT2D eigenvalue weighted by Crippen LogP contribution is -2.31. The molecular weight excluding hydrogens is 494 g/mol. The summed E-state index contributed by atoms with van der Waals surface area (Å²) in [5.41, 5.74) is 2.14. The van der Waals surface area contributed by atoms with Gasteiger partial charge in [-0.2, -0.15) is 0 Å².